The maximum Gasteiger partial charge on any atom is 0.0599 e. The van der Waals surface area contributed by atoms with Gasteiger partial charge in [-0.05, 0) is 90.9 Å². The summed E-state index contributed by atoms with van der Waals surface area (Å²) >= 11 is 0. The number of fused-ring (bicyclic) bond motifs is 1. The third-order valence-corrected chi connectivity index (χ3v) is 9.18. The molecule has 7 rings (SSSR count). The second-order valence-electron chi connectivity index (χ2n) is 9.29. The van der Waals surface area contributed by atoms with Gasteiger partial charge in [-0.15, -0.1) is 0 Å². The fraction of sp³-hybridized carbons (Fsp3) is 0.810. The van der Waals surface area contributed by atoms with Crippen molar-refractivity contribution >= 4 is 0 Å². The Morgan fingerprint density at radius 2 is 2.05 bits per heavy atom. The summed E-state index contributed by atoms with van der Waals surface area (Å²) < 4.78 is 0. The molecule has 0 aliphatic heterocycles. The van der Waals surface area contributed by atoms with E-state index in [9.17, 15) is 5.11 Å². The average molecular weight is 298 g/mol. The monoisotopic (exact) mass is 298 g/mol. The van der Waals surface area contributed by atoms with Gasteiger partial charge in [0, 0.05) is 0 Å². The van der Waals surface area contributed by atoms with Gasteiger partial charge in [0.15, 0.2) is 0 Å². The van der Waals surface area contributed by atoms with E-state index in [0.717, 1.165) is 24.2 Å². The van der Waals surface area contributed by atoms with Crippen LogP contribution in [0.5, 0.6) is 0 Å². The van der Waals surface area contributed by atoms with E-state index in [-0.39, 0.29) is 11.5 Å². The minimum atomic E-state index is -0.0669. The maximum absolute atomic E-state index is 10.8. The molecular formula is C21H30O. The molecule has 0 radical (unpaired) electrons. The third kappa shape index (κ3) is 1.30. The molecule has 0 saturated heterocycles. The van der Waals surface area contributed by atoms with E-state index >= 15 is 0 Å². The molecule has 3 unspecified atom stereocenters. The summed E-state index contributed by atoms with van der Waals surface area (Å²) in [5.74, 6) is 2.34. The highest BCUT2D eigenvalue weighted by Gasteiger charge is 2.67. The lowest BCUT2D eigenvalue weighted by molar-refractivity contribution is -0.136. The quantitative estimate of drug-likeness (QED) is 0.732. The maximum atomic E-state index is 10.8. The van der Waals surface area contributed by atoms with Crippen LogP contribution in [-0.4, -0.2) is 11.2 Å². The van der Waals surface area contributed by atoms with Gasteiger partial charge in [-0.3, -0.25) is 0 Å². The standard InChI is InChI=1S/C21H30O/c1-3-20-10-6-14-12-15(20)4-5-17-16(20)7-9-19(2)18(22)8-11-21(17,19)13-14/h4-5,12,14,16-18,22H,3,6-11,13H2,1-2H3/t14?,16-,17?,18-,19+,20-,21?/m0/s1. The Labute approximate surface area is 134 Å². The van der Waals surface area contributed by atoms with E-state index in [1.165, 1.54) is 44.9 Å². The van der Waals surface area contributed by atoms with Crippen molar-refractivity contribution < 1.29 is 5.11 Å². The van der Waals surface area contributed by atoms with Gasteiger partial charge in [0.25, 0.3) is 0 Å². The number of hydrogen-bond acceptors (Lipinski definition) is 1. The van der Waals surface area contributed by atoms with Crippen molar-refractivity contribution in [3.8, 4) is 0 Å². The predicted octanol–water partition coefficient (Wildman–Crippen LogP) is 4.87. The fourth-order valence-electron chi connectivity index (χ4n) is 7.91. The summed E-state index contributed by atoms with van der Waals surface area (Å²) in [4.78, 5) is 0. The van der Waals surface area contributed by atoms with Gasteiger partial charge < -0.3 is 5.11 Å². The Bertz CT molecular complexity index is 574. The lowest BCUT2D eigenvalue weighted by atomic mass is 9.39. The molecule has 1 nitrogen and oxygen atoms in total. The Balaban J connectivity index is 1.75. The van der Waals surface area contributed by atoms with E-state index in [2.05, 4.69) is 32.1 Å². The largest absolute Gasteiger partial charge is 0.393 e. The van der Waals surface area contributed by atoms with Crippen molar-refractivity contribution in [3.63, 3.8) is 0 Å². The molecule has 22 heavy (non-hydrogen) atoms. The molecule has 0 amide bonds. The molecule has 0 aromatic rings. The lowest BCUT2D eigenvalue weighted by Crippen LogP contribution is -2.59. The zero-order valence-corrected chi connectivity index (χ0v) is 14.1. The van der Waals surface area contributed by atoms with Crippen molar-refractivity contribution in [1.29, 1.82) is 0 Å². The van der Waals surface area contributed by atoms with Gasteiger partial charge in [-0.25, -0.2) is 0 Å². The summed E-state index contributed by atoms with van der Waals surface area (Å²) in [6.45, 7) is 4.86. The fourth-order valence-corrected chi connectivity index (χ4v) is 7.91. The molecule has 6 bridgehead atoms. The van der Waals surface area contributed by atoms with E-state index in [4.69, 9.17) is 0 Å². The molecule has 120 valence electrons. The van der Waals surface area contributed by atoms with Crippen LogP contribution in [0.25, 0.3) is 0 Å². The summed E-state index contributed by atoms with van der Waals surface area (Å²) in [7, 11) is 0. The molecule has 3 saturated carbocycles. The first-order valence-corrected chi connectivity index (χ1v) is 9.64. The van der Waals surface area contributed by atoms with Gasteiger partial charge in [0.2, 0.25) is 0 Å². The molecule has 0 aromatic carbocycles. The average Bonchev–Trinajstić information content (AvgIpc) is 2.78. The number of aliphatic hydroxyl groups excluding tert-OH is 1. The van der Waals surface area contributed by atoms with E-state index in [1.807, 2.05) is 0 Å². The Morgan fingerprint density at radius 3 is 2.86 bits per heavy atom. The van der Waals surface area contributed by atoms with E-state index in [0.29, 0.717) is 10.8 Å². The van der Waals surface area contributed by atoms with Gasteiger partial charge in [0.1, 0.15) is 0 Å². The predicted molar refractivity (Wildman–Crippen MR) is 89.3 cm³/mol. The van der Waals surface area contributed by atoms with Crippen LogP contribution in [-0.2, 0) is 0 Å². The highest BCUT2D eigenvalue weighted by atomic mass is 16.3. The van der Waals surface area contributed by atoms with Crippen LogP contribution in [0.3, 0.4) is 0 Å². The normalized spacial score (nSPS) is 58.2. The summed E-state index contributed by atoms with van der Waals surface area (Å²) in [5, 5.41) is 10.8. The van der Waals surface area contributed by atoms with Gasteiger partial charge in [-0.1, -0.05) is 32.1 Å². The molecule has 1 heteroatoms. The first-order chi connectivity index (χ1) is 10.6. The highest BCUT2D eigenvalue weighted by molar-refractivity contribution is 5.39. The minimum Gasteiger partial charge on any atom is -0.393 e. The molecule has 7 aliphatic carbocycles. The van der Waals surface area contributed by atoms with Gasteiger partial charge in [0.05, 0.1) is 6.10 Å². The van der Waals surface area contributed by atoms with Crippen molar-refractivity contribution in [2.75, 3.05) is 0 Å². The first kappa shape index (κ1) is 13.8. The SMILES string of the molecule is CC[C@]12CCC3C=C1C=CC1[C@@H]2CC[C@]2(C)[C@@H](O)CCC12C3. The molecule has 0 heterocycles. The van der Waals surface area contributed by atoms with Crippen LogP contribution in [0.2, 0.25) is 0 Å². The lowest BCUT2D eigenvalue weighted by Gasteiger charge is -2.65. The van der Waals surface area contributed by atoms with Crippen molar-refractivity contribution in [1.82, 2.24) is 0 Å². The van der Waals surface area contributed by atoms with Crippen LogP contribution >= 0.6 is 0 Å². The second-order valence-corrected chi connectivity index (χ2v) is 9.29. The number of aliphatic hydroxyl groups is 1. The minimum absolute atomic E-state index is 0.0669. The molecule has 3 fully saturated rings. The van der Waals surface area contributed by atoms with Crippen LogP contribution in [0.15, 0.2) is 23.8 Å². The number of rotatable bonds is 1. The van der Waals surface area contributed by atoms with Crippen molar-refractivity contribution in [3.05, 3.63) is 23.8 Å². The molecule has 1 N–H and O–H groups in total. The zero-order valence-electron chi connectivity index (χ0n) is 14.1. The topological polar surface area (TPSA) is 20.2 Å². The van der Waals surface area contributed by atoms with Gasteiger partial charge in [-0.2, -0.15) is 0 Å². The Morgan fingerprint density at radius 1 is 1.18 bits per heavy atom. The number of allylic oxidation sites excluding steroid dienone is 4. The summed E-state index contributed by atoms with van der Waals surface area (Å²) in [6.07, 6.45) is 18.0. The Hall–Kier alpha value is -0.560. The zero-order chi connectivity index (χ0) is 15.2. The smallest absolute Gasteiger partial charge is 0.0599 e. The molecule has 7 atom stereocenters. The molecule has 1 spiro atoms. The number of hydrogen-bond donors (Lipinski definition) is 1. The first-order valence-electron chi connectivity index (χ1n) is 9.64. The highest BCUT2D eigenvalue weighted by Crippen LogP contribution is 2.74. The molecule has 0 aromatic heterocycles. The third-order valence-electron chi connectivity index (χ3n) is 9.18. The van der Waals surface area contributed by atoms with Crippen LogP contribution in [0, 0.1) is 34.0 Å². The van der Waals surface area contributed by atoms with Crippen molar-refractivity contribution in [2.45, 2.75) is 71.3 Å². The molecular weight excluding hydrogens is 268 g/mol. The summed E-state index contributed by atoms with van der Waals surface area (Å²) in [6, 6.07) is 0. The summed E-state index contributed by atoms with van der Waals surface area (Å²) in [5.41, 5.74) is 2.69. The van der Waals surface area contributed by atoms with E-state index < -0.39 is 0 Å². The second kappa shape index (κ2) is 4.09. The van der Waals surface area contributed by atoms with Crippen LogP contribution in [0.4, 0.5) is 0 Å². The van der Waals surface area contributed by atoms with E-state index in [1.54, 1.807) is 5.57 Å². The van der Waals surface area contributed by atoms with Crippen LogP contribution in [0.1, 0.15) is 65.2 Å². The Kier molecular flexibility index (Phi) is 2.58. The van der Waals surface area contributed by atoms with Crippen molar-refractivity contribution in [2.24, 2.45) is 34.0 Å². The van der Waals surface area contributed by atoms with Crippen LogP contribution < -0.4 is 0 Å². The van der Waals surface area contributed by atoms with Gasteiger partial charge >= 0.3 is 0 Å². The molecule has 7 aliphatic rings.